The Morgan fingerprint density at radius 1 is 0.774 bits per heavy atom. The molecule has 4 aromatic rings. The second kappa shape index (κ2) is 10.0. The van der Waals surface area contributed by atoms with E-state index in [1.165, 1.54) is 60.9 Å². The van der Waals surface area contributed by atoms with Crippen LogP contribution in [0.4, 0.5) is 0 Å². The Bertz CT molecular complexity index is 1140. The van der Waals surface area contributed by atoms with Crippen LogP contribution in [-0.2, 0) is 38.7 Å². The Balaban J connectivity index is 0.000000212. The molecular formula is C30H30Hf-2. The number of fused-ring (bicyclic) bond motifs is 3. The summed E-state index contributed by atoms with van der Waals surface area (Å²) < 4.78 is 0. The fraction of sp³-hybridized carbons (Fsp3) is 0.233. The molecule has 0 aromatic heterocycles. The van der Waals surface area contributed by atoms with Gasteiger partial charge in [0, 0.05) is 25.8 Å². The van der Waals surface area contributed by atoms with Crippen molar-refractivity contribution >= 4 is 16.3 Å². The molecule has 4 aromatic carbocycles. The van der Waals surface area contributed by atoms with Crippen LogP contribution in [0.5, 0.6) is 0 Å². The summed E-state index contributed by atoms with van der Waals surface area (Å²) in [6.07, 6.45) is 5.50. The van der Waals surface area contributed by atoms with Gasteiger partial charge < -0.3 is 0 Å². The van der Waals surface area contributed by atoms with Crippen LogP contribution in [0.15, 0.2) is 66.7 Å². The predicted molar refractivity (Wildman–Crippen MR) is 130 cm³/mol. The summed E-state index contributed by atoms with van der Waals surface area (Å²) in [5.74, 6) is 0. The standard InChI is InChI=1S/C20H15.C10H15.Hf/c1-2-6-15(7-3-1)14-18-13-12-17-11-10-16-8-4-5-9-19(16)20(17)18;1-6-7(2)9(4)10(5)8(6)3;/h1-11H,12,14H2;1-5H3;/q2*-1;. The van der Waals surface area contributed by atoms with Crippen LogP contribution in [0.2, 0.25) is 0 Å². The van der Waals surface area contributed by atoms with Gasteiger partial charge in [0.15, 0.2) is 0 Å². The van der Waals surface area contributed by atoms with Gasteiger partial charge in [0.25, 0.3) is 0 Å². The fourth-order valence-corrected chi connectivity index (χ4v) is 4.47. The second-order valence-electron chi connectivity index (χ2n) is 8.44. The molecule has 0 aliphatic heterocycles. The van der Waals surface area contributed by atoms with Crippen LogP contribution in [0.25, 0.3) is 16.3 Å². The molecular weight excluding hydrogens is 539 g/mol. The Morgan fingerprint density at radius 3 is 2.00 bits per heavy atom. The van der Waals surface area contributed by atoms with Crippen LogP contribution in [-0.4, -0.2) is 0 Å². The molecule has 0 fully saturated rings. The molecule has 0 nitrogen and oxygen atoms in total. The molecule has 0 spiro atoms. The molecule has 0 unspecified atom stereocenters. The van der Waals surface area contributed by atoms with E-state index in [1.54, 1.807) is 0 Å². The monoisotopic (exact) mass is 570 g/mol. The number of rotatable bonds is 2. The van der Waals surface area contributed by atoms with Gasteiger partial charge in [0.05, 0.1) is 0 Å². The van der Waals surface area contributed by atoms with E-state index < -0.39 is 0 Å². The average Bonchev–Trinajstić information content (AvgIpc) is 3.27. The molecule has 1 aliphatic rings. The molecule has 5 rings (SSSR count). The summed E-state index contributed by atoms with van der Waals surface area (Å²) in [4.78, 5) is 0. The smallest absolute Gasteiger partial charge is 0 e. The number of benzene rings is 3. The van der Waals surface area contributed by atoms with Crippen LogP contribution in [0, 0.1) is 40.7 Å². The third kappa shape index (κ3) is 4.72. The predicted octanol–water partition coefficient (Wildman–Crippen LogP) is 7.77. The van der Waals surface area contributed by atoms with E-state index in [0.29, 0.717) is 0 Å². The molecule has 0 amide bonds. The Labute approximate surface area is 206 Å². The van der Waals surface area contributed by atoms with Gasteiger partial charge >= 0.3 is 0 Å². The molecule has 0 saturated heterocycles. The number of hydrogen-bond acceptors (Lipinski definition) is 0. The molecule has 0 radical (unpaired) electrons. The average molecular weight is 569 g/mol. The molecule has 1 heteroatoms. The van der Waals surface area contributed by atoms with Crippen molar-refractivity contribution in [3.05, 3.63) is 117 Å². The van der Waals surface area contributed by atoms with Crippen molar-refractivity contribution in [2.75, 3.05) is 0 Å². The van der Waals surface area contributed by atoms with E-state index in [4.69, 9.17) is 0 Å². The van der Waals surface area contributed by atoms with E-state index in [-0.39, 0.29) is 25.8 Å². The number of allylic oxidation sites excluding steroid dienone is 2. The summed E-state index contributed by atoms with van der Waals surface area (Å²) in [5.41, 5.74) is 12.9. The summed E-state index contributed by atoms with van der Waals surface area (Å²) in [7, 11) is 0. The van der Waals surface area contributed by atoms with Gasteiger partial charge in [-0.05, 0) is 17.4 Å². The first-order valence-electron chi connectivity index (χ1n) is 10.8. The maximum atomic E-state index is 3.58. The largest absolute Gasteiger partial charge is 0.268 e. The molecule has 0 saturated carbocycles. The van der Waals surface area contributed by atoms with E-state index in [9.17, 15) is 0 Å². The van der Waals surface area contributed by atoms with Crippen molar-refractivity contribution < 1.29 is 25.8 Å². The van der Waals surface area contributed by atoms with Gasteiger partial charge in [0.2, 0.25) is 0 Å². The SMILES string of the molecule is Cc1c(C)c(C)[c-](C)c1C.[C-]1=C(Cc2ccccc2)c2c(ccc3ccccc23)C1.[Hf]. The van der Waals surface area contributed by atoms with Gasteiger partial charge in [-0.3, -0.25) is 6.08 Å². The normalized spacial score (nSPS) is 12.0. The van der Waals surface area contributed by atoms with E-state index >= 15 is 0 Å². The zero-order valence-electron chi connectivity index (χ0n) is 19.3. The zero-order chi connectivity index (χ0) is 21.3. The van der Waals surface area contributed by atoms with Crippen molar-refractivity contribution in [1.29, 1.82) is 0 Å². The first kappa shape index (κ1) is 23.5. The van der Waals surface area contributed by atoms with Crippen molar-refractivity contribution in [1.82, 2.24) is 0 Å². The Morgan fingerprint density at radius 2 is 1.39 bits per heavy atom. The molecule has 0 atom stereocenters. The van der Waals surface area contributed by atoms with Crippen LogP contribution in [0.3, 0.4) is 0 Å². The summed E-state index contributed by atoms with van der Waals surface area (Å²) in [6, 6.07) is 23.8. The molecule has 156 valence electrons. The van der Waals surface area contributed by atoms with Gasteiger partial charge in [-0.25, -0.2) is 5.57 Å². The van der Waals surface area contributed by atoms with E-state index in [2.05, 4.69) is 107 Å². The molecule has 1 aliphatic carbocycles. The summed E-state index contributed by atoms with van der Waals surface area (Å²) >= 11 is 0. The summed E-state index contributed by atoms with van der Waals surface area (Å²) in [6.45, 7) is 11.0. The van der Waals surface area contributed by atoms with Crippen LogP contribution in [0.1, 0.15) is 44.5 Å². The maximum Gasteiger partial charge on any atom is 0 e. The Kier molecular flexibility index (Phi) is 7.59. The first-order chi connectivity index (χ1) is 14.5. The van der Waals surface area contributed by atoms with Crippen LogP contribution < -0.4 is 0 Å². The maximum absolute atomic E-state index is 3.58. The first-order valence-corrected chi connectivity index (χ1v) is 10.8. The van der Waals surface area contributed by atoms with Gasteiger partial charge in [-0.1, -0.05) is 107 Å². The molecule has 31 heavy (non-hydrogen) atoms. The van der Waals surface area contributed by atoms with Gasteiger partial charge in [-0.2, -0.15) is 33.4 Å². The van der Waals surface area contributed by atoms with Crippen molar-refractivity contribution in [3.8, 4) is 0 Å². The third-order valence-electron chi connectivity index (χ3n) is 6.85. The van der Waals surface area contributed by atoms with Crippen molar-refractivity contribution in [2.45, 2.75) is 47.5 Å². The number of hydrogen-bond donors (Lipinski definition) is 0. The van der Waals surface area contributed by atoms with E-state index in [0.717, 1.165) is 12.8 Å². The molecule has 0 heterocycles. The fourth-order valence-electron chi connectivity index (χ4n) is 4.47. The second-order valence-corrected chi connectivity index (χ2v) is 8.44. The third-order valence-corrected chi connectivity index (χ3v) is 6.85. The minimum atomic E-state index is 0. The molecule has 0 bridgehead atoms. The molecule has 0 N–H and O–H groups in total. The van der Waals surface area contributed by atoms with E-state index in [1.807, 2.05) is 0 Å². The minimum absolute atomic E-state index is 0. The van der Waals surface area contributed by atoms with Crippen molar-refractivity contribution in [2.24, 2.45) is 0 Å². The summed E-state index contributed by atoms with van der Waals surface area (Å²) in [5, 5.41) is 2.68. The van der Waals surface area contributed by atoms with Gasteiger partial charge in [-0.15, -0.1) is 12.0 Å². The van der Waals surface area contributed by atoms with Gasteiger partial charge in [0.1, 0.15) is 0 Å². The zero-order valence-corrected chi connectivity index (χ0v) is 22.9. The topological polar surface area (TPSA) is 0 Å². The van der Waals surface area contributed by atoms with Crippen molar-refractivity contribution in [3.63, 3.8) is 0 Å². The minimum Gasteiger partial charge on any atom is -0.268 e. The van der Waals surface area contributed by atoms with Crippen LogP contribution >= 0.6 is 0 Å². The Hall–Kier alpha value is -2.12. The quantitative estimate of drug-likeness (QED) is 0.171.